The average molecular weight is 183 g/mol. The van der Waals surface area contributed by atoms with E-state index in [-0.39, 0.29) is 0 Å². The lowest BCUT2D eigenvalue weighted by Crippen LogP contribution is -2.09. The minimum Gasteiger partial charge on any atom is -0.336 e. The lowest BCUT2D eigenvalue weighted by atomic mass is 10.2. The van der Waals surface area contributed by atoms with Crippen LogP contribution in [0.2, 0.25) is 0 Å². The average Bonchev–Trinajstić information content (AvgIpc) is 2.48. The zero-order chi connectivity index (χ0) is 9.68. The Morgan fingerprint density at radius 2 is 2.23 bits per heavy atom. The molecule has 0 unspecified atom stereocenters. The van der Waals surface area contributed by atoms with Crippen LogP contribution in [-0.4, -0.2) is 16.2 Å². The fraction of sp³-hybridized carbons (Fsp3) is 0.778. The van der Waals surface area contributed by atoms with Gasteiger partial charge in [-0.1, -0.05) is 18.5 Å². The molecule has 0 aliphatic rings. The Morgan fingerprint density at radius 1 is 1.46 bits per heavy atom. The minimum atomic E-state index is 0.333. The summed E-state index contributed by atoms with van der Waals surface area (Å²) in [6, 6.07) is 0.862. The molecule has 74 valence electrons. The summed E-state index contributed by atoms with van der Waals surface area (Å²) in [4.78, 5) is 4.20. The Balaban J connectivity index is 2.44. The molecule has 0 spiro atoms. The van der Waals surface area contributed by atoms with E-state index in [4.69, 9.17) is 4.52 Å². The van der Waals surface area contributed by atoms with Crippen LogP contribution in [0, 0.1) is 0 Å². The highest BCUT2D eigenvalue weighted by atomic mass is 16.5. The molecule has 0 bridgehead atoms. The van der Waals surface area contributed by atoms with Crippen molar-refractivity contribution in [3.05, 3.63) is 5.82 Å². The minimum absolute atomic E-state index is 0.333. The summed E-state index contributed by atoms with van der Waals surface area (Å²) in [6.45, 7) is 6.22. The fourth-order valence-corrected chi connectivity index (χ4v) is 0.996. The Labute approximate surface area is 78.7 Å². The molecule has 1 aromatic rings. The van der Waals surface area contributed by atoms with Crippen LogP contribution in [0.15, 0.2) is 4.52 Å². The number of nitrogens with one attached hydrogen (secondary N) is 1. The predicted molar refractivity (Wildman–Crippen MR) is 51.7 cm³/mol. The van der Waals surface area contributed by atoms with E-state index < -0.39 is 0 Å². The smallest absolute Gasteiger partial charge is 0.321 e. The summed E-state index contributed by atoms with van der Waals surface area (Å²) >= 11 is 0. The molecule has 1 rings (SSSR count). The number of unbranched alkanes of at least 4 members (excludes halogenated alkanes) is 1. The van der Waals surface area contributed by atoms with E-state index in [9.17, 15) is 0 Å². The second-order valence-electron chi connectivity index (χ2n) is 3.42. The van der Waals surface area contributed by atoms with Crippen LogP contribution in [0.1, 0.15) is 39.4 Å². The van der Waals surface area contributed by atoms with Crippen LogP contribution in [0.25, 0.3) is 0 Å². The van der Waals surface area contributed by atoms with E-state index in [1.807, 2.05) is 13.8 Å². The quantitative estimate of drug-likeness (QED) is 0.760. The highest BCUT2D eigenvalue weighted by Crippen LogP contribution is 2.07. The first-order chi connectivity index (χ1) is 6.22. The number of rotatable bonds is 5. The van der Waals surface area contributed by atoms with Crippen molar-refractivity contribution in [1.29, 1.82) is 0 Å². The molecule has 0 saturated heterocycles. The standard InChI is InChI=1S/C9H17N3O/c1-4-5-6-8-11-9(13-12-8)10-7(2)3/h7H,4-6H2,1-3H3,(H,10,11,12). The van der Waals surface area contributed by atoms with Crippen molar-refractivity contribution in [3.8, 4) is 0 Å². The molecule has 13 heavy (non-hydrogen) atoms. The zero-order valence-corrected chi connectivity index (χ0v) is 8.50. The van der Waals surface area contributed by atoms with E-state index in [1.165, 1.54) is 0 Å². The topological polar surface area (TPSA) is 51.0 Å². The molecule has 4 heteroatoms. The fourth-order valence-electron chi connectivity index (χ4n) is 0.996. The van der Waals surface area contributed by atoms with Crippen molar-refractivity contribution >= 4 is 6.01 Å². The molecule has 1 aromatic heterocycles. The molecular formula is C9H17N3O. The number of hydrogen-bond donors (Lipinski definition) is 1. The molecule has 0 aromatic carbocycles. The molecule has 4 nitrogen and oxygen atoms in total. The molecule has 0 amide bonds. The van der Waals surface area contributed by atoms with E-state index in [2.05, 4.69) is 22.4 Å². The van der Waals surface area contributed by atoms with Gasteiger partial charge in [-0.25, -0.2) is 0 Å². The first-order valence-electron chi connectivity index (χ1n) is 4.81. The predicted octanol–water partition coefficient (Wildman–Crippen LogP) is 2.23. The lowest BCUT2D eigenvalue weighted by molar-refractivity contribution is 0.419. The maximum atomic E-state index is 5.00. The molecule has 1 heterocycles. The summed E-state index contributed by atoms with van der Waals surface area (Å²) in [7, 11) is 0. The summed E-state index contributed by atoms with van der Waals surface area (Å²) in [5.74, 6) is 0.796. The van der Waals surface area contributed by atoms with Crippen LogP contribution in [0.5, 0.6) is 0 Å². The van der Waals surface area contributed by atoms with E-state index in [0.717, 1.165) is 25.1 Å². The van der Waals surface area contributed by atoms with Crippen molar-refractivity contribution < 1.29 is 4.52 Å². The van der Waals surface area contributed by atoms with Crippen LogP contribution in [-0.2, 0) is 6.42 Å². The molecule has 0 aliphatic heterocycles. The number of anilines is 1. The Kier molecular flexibility index (Phi) is 3.73. The molecule has 0 atom stereocenters. The number of hydrogen-bond acceptors (Lipinski definition) is 4. The second kappa shape index (κ2) is 4.84. The molecule has 0 saturated carbocycles. The Morgan fingerprint density at radius 3 is 2.85 bits per heavy atom. The maximum absolute atomic E-state index is 5.00. The van der Waals surface area contributed by atoms with Gasteiger partial charge < -0.3 is 9.84 Å². The van der Waals surface area contributed by atoms with Crippen LogP contribution >= 0.6 is 0 Å². The summed E-state index contributed by atoms with van der Waals surface area (Å²) in [5.41, 5.74) is 0. The highest BCUT2D eigenvalue weighted by Gasteiger charge is 2.05. The largest absolute Gasteiger partial charge is 0.336 e. The van der Waals surface area contributed by atoms with E-state index in [0.29, 0.717) is 12.1 Å². The molecule has 1 N–H and O–H groups in total. The van der Waals surface area contributed by atoms with Gasteiger partial charge in [-0.3, -0.25) is 0 Å². The first-order valence-corrected chi connectivity index (χ1v) is 4.81. The summed E-state index contributed by atoms with van der Waals surface area (Å²) in [6.07, 6.45) is 3.17. The highest BCUT2D eigenvalue weighted by molar-refractivity contribution is 5.19. The van der Waals surface area contributed by atoms with E-state index >= 15 is 0 Å². The zero-order valence-electron chi connectivity index (χ0n) is 8.50. The van der Waals surface area contributed by atoms with Gasteiger partial charge >= 0.3 is 6.01 Å². The Bertz CT molecular complexity index is 245. The van der Waals surface area contributed by atoms with Gasteiger partial charge in [-0.15, -0.1) is 0 Å². The Hall–Kier alpha value is -1.06. The number of aryl methyl sites for hydroxylation is 1. The van der Waals surface area contributed by atoms with Gasteiger partial charge in [-0.2, -0.15) is 4.98 Å². The summed E-state index contributed by atoms with van der Waals surface area (Å²) < 4.78 is 5.00. The third-order valence-corrected chi connectivity index (χ3v) is 1.63. The van der Waals surface area contributed by atoms with Gasteiger partial charge in [0.1, 0.15) is 0 Å². The number of aromatic nitrogens is 2. The molecule has 0 fully saturated rings. The van der Waals surface area contributed by atoms with Crippen LogP contribution < -0.4 is 5.32 Å². The normalized spacial score (nSPS) is 10.8. The molecule has 0 aliphatic carbocycles. The van der Waals surface area contributed by atoms with Crippen molar-refractivity contribution in [1.82, 2.24) is 10.1 Å². The maximum Gasteiger partial charge on any atom is 0.321 e. The number of nitrogens with zero attached hydrogens (tertiary/aromatic N) is 2. The van der Waals surface area contributed by atoms with Crippen molar-refractivity contribution in [2.45, 2.75) is 46.1 Å². The van der Waals surface area contributed by atoms with Crippen LogP contribution in [0.3, 0.4) is 0 Å². The molecule has 0 radical (unpaired) electrons. The van der Waals surface area contributed by atoms with Crippen molar-refractivity contribution in [2.75, 3.05) is 5.32 Å². The van der Waals surface area contributed by atoms with Gasteiger partial charge in [0.2, 0.25) is 0 Å². The monoisotopic (exact) mass is 183 g/mol. The first kappa shape index (κ1) is 10.0. The third kappa shape index (κ3) is 3.44. The second-order valence-corrected chi connectivity index (χ2v) is 3.42. The van der Waals surface area contributed by atoms with E-state index in [1.54, 1.807) is 0 Å². The van der Waals surface area contributed by atoms with Gasteiger partial charge in [0.15, 0.2) is 5.82 Å². The van der Waals surface area contributed by atoms with Crippen molar-refractivity contribution in [2.24, 2.45) is 0 Å². The molecular weight excluding hydrogens is 166 g/mol. The van der Waals surface area contributed by atoms with Gasteiger partial charge in [0.25, 0.3) is 0 Å². The van der Waals surface area contributed by atoms with Gasteiger partial charge in [-0.05, 0) is 20.3 Å². The summed E-state index contributed by atoms with van der Waals surface area (Å²) in [5, 5.41) is 6.92. The third-order valence-electron chi connectivity index (χ3n) is 1.63. The van der Waals surface area contributed by atoms with Gasteiger partial charge in [0.05, 0.1) is 0 Å². The van der Waals surface area contributed by atoms with Crippen molar-refractivity contribution in [3.63, 3.8) is 0 Å². The lowest BCUT2D eigenvalue weighted by Gasteiger charge is -2.01. The SMILES string of the molecule is CCCCc1noc(NC(C)C)n1. The van der Waals surface area contributed by atoms with Gasteiger partial charge in [0, 0.05) is 12.5 Å². The van der Waals surface area contributed by atoms with Crippen LogP contribution in [0.4, 0.5) is 6.01 Å².